The van der Waals surface area contributed by atoms with Crippen molar-refractivity contribution < 1.29 is 19.7 Å². The second kappa shape index (κ2) is 7.95. The number of aryl methyl sites for hydroxylation is 2. The molecule has 0 bridgehead atoms. The van der Waals surface area contributed by atoms with E-state index >= 15 is 0 Å². The maximum atomic E-state index is 12.0. The van der Waals surface area contributed by atoms with E-state index in [1.807, 2.05) is 32.0 Å². The third-order valence-electron chi connectivity index (χ3n) is 3.91. The molecule has 0 radical (unpaired) electrons. The fourth-order valence-electron chi connectivity index (χ4n) is 2.50. The summed E-state index contributed by atoms with van der Waals surface area (Å²) in [5, 5.41) is 20.6. The van der Waals surface area contributed by atoms with Crippen LogP contribution in [0.25, 0.3) is 11.1 Å². The fraction of sp³-hybridized carbons (Fsp3) is 0.316. The smallest absolute Gasteiger partial charge is 0.251 e. The van der Waals surface area contributed by atoms with Crippen LogP contribution in [-0.4, -0.2) is 42.5 Å². The Kier molecular flexibility index (Phi) is 5.95. The van der Waals surface area contributed by atoms with Crippen molar-refractivity contribution in [3.63, 3.8) is 0 Å². The van der Waals surface area contributed by atoms with Crippen LogP contribution in [0, 0.1) is 13.8 Å². The molecule has 0 saturated carbocycles. The number of amides is 1. The summed E-state index contributed by atoms with van der Waals surface area (Å²) in [7, 11) is 1.66. The van der Waals surface area contributed by atoms with Crippen LogP contribution in [-0.2, 0) is 0 Å². The van der Waals surface area contributed by atoms with Gasteiger partial charge in [0.25, 0.3) is 5.91 Å². The summed E-state index contributed by atoms with van der Waals surface area (Å²) >= 11 is 0. The van der Waals surface area contributed by atoms with E-state index in [1.54, 1.807) is 19.2 Å². The molecule has 1 atom stereocenters. The zero-order chi connectivity index (χ0) is 17.7. The van der Waals surface area contributed by atoms with Crippen LogP contribution in [0.1, 0.15) is 21.5 Å². The minimum atomic E-state index is -0.946. The predicted molar refractivity (Wildman–Crippen MR) is 93.3 cm³/mol. The zero-order valence-electron chi connectivity index (χ0n) is 14.2. The molecule has 128 valence electrons. The van der Waals surface area contributed by atoms with Gasteiger partial charge in [0.15, 0.2) is 0 Å². The van der Waals surface area contributed by atoms with Crippen molar-refractivity contribution in [2.24, 2.45) is 0 Å². The van der Waals surface area contributed by atoms with Gasteiger partial charge in [-0.25, -0.2) is 0 Å². The summed E-state index contributed by atoms with van der Waals surface area (Å²) in [6.45, 7) is 3.66. The Hall–Kier alpha value is -2.37. The Morgan fingerprint density at radius 3 is 2.42 bits per heavy atom. The average Bonchev–Trinajstić information content (AvgIpc) is 2.61. The minimum Gasteiger partial charge on any atom is -0.496 e. The maximum absolute atomic E-state index is 12.0. The molecular formula is C19H23NO4. The summed E-state index contributed by atoms with van der Waals surface area (Å²) < 4.78 is 5.33. The highest BCUT2D eigenvalue weighted by Crippen LogP contribution is 2.30. The lowest BCUT2D eigenvalue weighted by Crippen LogP contribution is -2.33. The Bertz CT molecular complexity index is 710. The molecule has 5 heteroatoms. The highest BCUT2D eigenvalue weighted by molar-refractivity contribution is 5.94. The first-order chi connectivity index (χ1) is 11.5. The van der Waals surface area contributed by atoms with E-state index in [0.29, 0.717) is 5.56 Å². The highest BCUT2D eigenvalue weighted by Gasteiger charge is 2.10. The van der Waals surface area contributed by atoms with Crippen molar-refractivity contribution in [2.45, 2.75) is 20.0 Å². The van der Waals surface area contributed by atoms with Crippen LogP contribution in [0.4, 0.5) is 0 Å². The van der Waals surface area contributed by atoms with E-state index in [-0.39, 0.29) is 19.1 Å². The Balaban J connectivity index is 2.18. The molecule has 0 aliphatic carbocycles. The first-order valence-electron chi connectivity index (χ1n) is 7.79. The highest BCUT2D eigenvalue weighted by atomic mass is 16.5. The molecule has 0 heterocycles. The van der Waals surface area contributed by atoms with Crippen molar-refractivity contribution in [3.8, 4) is 16.9 Å². The molecule has 2 aromatic rings. The van der Waals surface area contributed by atoms with Crippen LogP contribution >= 0.6 is 0 Å². The average molecular weight is 329 g/mol. The number of methoxy groups -OCH3 is 1. The van der Waals surface area contributed by atoms with Gasteiger partial charge in [-0.1, -0.05) is 12.1 Å². The number of carbonyl (C=O) groups excluding carboxylic acids is 1. The Morgan fingerprint density at radius 2 is 1.83 bits per heavy atom. The number of ether oxygens (including phenoxy) is 1. The molecule has 0 spiro atoms. The third kappa shape index (κ3) is 4.13. The minimum absolute atomic E-state index is 0.0217. The van der Waals surface area contributed by atoms with E-state index < -0.39 is 6.10 Å². The monoisotopic (exact) mass is 329 g/mol. The first kappa shape index (κ1) is 18.0. The van der Waals surface area contributed by atoms with Gasteiger partial charge in [-0.15, -0.1) is 0 Å². The molecular weight excluding hydrogens is 306 g/mol. The molecule has 24 heavy (non-hydrogen) atoms. The Morgan fingerprint density at radius 1 is 1.17 bits per heavy atom. The number of hydrogen-bond donors (Lipinski definition) is 3. The van der Waals surface area contributed by atoms with Gasteiger partial charge in [0.2, 0.25) is 0 Å². The van der Waals surface area contributed by atoms with Crippen molar-refractivity contribution in [1.29, 1.82) is 0 Å². The zero-order valence-corrected chi connectivity index (χ0v) is 14.2. The van der Waals surface area contributed by atoms with Gasteiger partial charge < -0.3 is 20.3 Å². The van der Waals surface area contributed by atoms with E-state index in [1.165, 1.54) is 0 Å². The summed E-state index contributed by atoms with van der Waals surface area (Å²) in [6, 6.07) is 11.4. The third-order valence-corrected chi connectivity index (χ3v) is 3.91. The van der Waals surface area contributed by atoms with E-state index in [9.17, 15) is 9.90 Å². The van der Waals surface area contributed by atoms with Crippen LogP contribution in [0.3, 0.4) is 0 Å². The summed E-state index contributed by atoms with van der Waals surface area (Å²) in [5.41, 5.74) is 4.77. The van der Waals surface area contributed by atoms with Gasteiger partial charge in [-0.3, -0.25) is 4.79 Å². The molecule has 2 rings (SSSR count). The van der Waals surface area contributed by atoms with E-state index in [2.05, 4.69) is 11.4 Å². The van der Waals surface area contributed by atoms with Crippen LogP contribution in [0.5, 0.6) is 5.75 Å². The number of carbonyl (C=O) groups is 1. The largest absolute Gasteiger partial charge is 0.496 e. The second-order valence-electron chi connectivity index (χ2n) is 5.76. The van der Waals surface area contributed by atoms with Gasteiger partial charge in [-0.2, -0.15) is 0 Å². The van der Waals surface area contributed by atoms with E-state index in [4.69, 9.17) is 9.84 Å². The van der Waals surface area contributed by atoms with Crippen molar-refractivity contribution in [2.75, 3.05) is 20.3 Å². The van der Waals surface area contributed by atoms with Gasteiger partial charge in [0, 0.05) is 12.1 Å². The predicted octanol–water partition coefficient (Wildman–Crippen LogP) is 2.06. The van der Waals surface area contributed by atoms with Gasteiger partial charge in [0.1, 0.15) is 5.75 Å². The topological polar surface area (TPSA) is 78.8 Å². The summed E-state index contributed by atoms with van der Waals surface area (Å²) in [6.07, 6.45) is -0.946. The lowest BCUT2D eigenvalue weighted by molar-refractivity contribution is 0.0802. The standard InChI is InChI=1S/C19H23NO4/c1-12-9-18(24-3)13(2)8-17(12)14-4-6-15(7-5-14)19(23)20-10-16(22)11-21/h4-9,16,21-22H,10-11H2,1-3H3,(H,20,23)/t16-/m1/s1. The molecule has 3 N–H and O–H groups in total. The van der Waals surface area contributed by atoms with Gasteiger partial charge in [0.05, 0.1) is 19.8 Å². The van der Waals surface area contributed by atoms with Crippen LogP contribution in [0.2, 0.25) is 0 Å². The normalized spacial score (nSPS) is 11.9. The number of rotatable bonds is 6. The summed E-state index contributed by atoms with van der Waals surface area (Å²) in [5.74, 6) is 0.575. The number of benzene rings is 2. The molecule has 0 aromatic heterocycles. The van der Waals surface area contributed by atoms with Crippen molar-refractivity contribution in [1.82, 2.24) is 5.32 Å². The summed E-state index contributed by atoms with van der Waals surface area (Å²) in [4.78, 5) is 12.0. The SMILES string of the molecule is COc1cc(C)c(-c2ccc(C(=O)NC[C@@H](O)CO)cc2)cc1C. The second-order valence-corrected chi connectivity index (χ2v) is 5.76. The van der Waals surface area contributed by atoms with Crippen molar-refractivity contribution >= 4 is 5.91 Å². The van der Waals surface area contributed by atoms with Crippen LogP contribution < -0.4 is 10.1 Å². The Labute approximate surface area is 141 Å². The molecule has 0 aliphatic heterocycles. The lowest BCUT2D eigenvalue weighted by Gasteiger charge is -2.12. The molecule has 0 aliphatic rings. The number of aliphatic hydroxyl groups is 2. The van der Waals surface area contributed by atoms with Crippen LogP contribution in [0.15, 0.2) is 36.4 Å². The quantitative estimate of drug-likeness (QED) is 0.758. The maximum Gasteiger partial charge on any atom is 0.251 e. The fourth-order valence-corrected chi connectivity index (χ4v) is 2.50. The lowest BCUT2D eigenvalue weighted by atomic mass is 9.97. The molecule has 1 amide bonds. The first-order valence-corrected chi connectivity index (χ1v) is 7.79. The number of nitrogens with one attached hydrogen (secondary N) is 1. The van der Waals surface area contributed by atoms with Crippen molar-refractivity contribution in [3.05, 3.63) is 53.1 Å². The number of aliphatic hydroxyl groups excluding tert-OH is 2. The molecule has 0 saturated heterocycles. The molecule has 2 aromatic carbocycles. The van der Waals surface area contributed by atoms with Gasteiger partial charge in [-0.05, 0) is 60.4 Å². The molecule has 0 fully saturated rings. The van der Waals surface area contributed by atoms with E-state index in [0.717, 1.165) is 28.0 Å². The van der Waals surface area contributed by atoms with Gasteiger partial charge >= 0.3 is 0 Å². The number of hydrogen-bond acceptors (Lipinski definition) is 4. The molecule has 0 unspecified atom stereocenters. The molecule has 5 nitrogen and oxygen atoms in total.